The number of rotatable bonds is 6. The zero-order chi connectivity index (χ0) is 18.4. The zero-order valence-electron chi connectivity index (χ0n) is 15.0. The number of halogens is 1. The second-order valence-corrected chi connectivity index (χ2v) is 6.92. The molecule has 138 valence electrons. The molecule has 2 unspecified atom stereocenters. The molecule has 0 spiro atoms. The van der Waals surface area contributed by atoms with Crippen molar-refractivity contribution in [2.75, 3.05) is 10.6 Å². The van der Waals surface area contributed by atoms with Gasteiger partial charge in [-0.15, -0.1) is 0 Å². The zero-order valence-corrected chi connectivity index (χ0v) is 15.0. The van der Waals surface area contributed by atoms with Crippen molar-refractivity contribution in [3.63, 3.8) is 0 Å². The summed E-state index contributed by atoms with van der Waals surface area (Å²) in [6, 6.07) is 3.51. The standard InChI is InChI=1S/C19H28FN3O2/c1-3-12(2)17(21)19(25)22-14-9-10-15(20)16(11-14)23-18(24)13-7-5-4-6-8-13/h9-13,17H,3-8,21H2,1-2H3,(H,22,25)(H,23,24). The first-order valence-electron chi connectivity index (χ1n) is 9.09. The number of nitrogens with two attached hydrogens (primary N) is 1. The molecule has 0 aromatic heterocycles. The molecule has 1 aromatic carbocycles. The highest BCUT2D eigenvalue weighted by molar-refractivity contribution is 5.97. The Kier molecular flexibility index (Phi) is 6.93. The van der Waals surface area contributed by atoms with Crippen LogP contribution >= 0.6 is 0 Å². The smallest absolute Gasteiger partial charge is 0.241 e. The van der Waals surface area contributed by atoms with Gasteiger partial charge >= 0.3 is 0 Å². The molecule has 4 N–H and O–H groups in total. The molecule has 5 nitrogen and oxygen atoms in total. The third-order valence-corrected chi connectivity index (χ3v) is 5.03. The lowest BCUT2D eigenvalue weighted by Gasteiger charge is -2.21. The van der Waals surface area contributed by atoms with E-state index in [9.17, 15) is 14.0 Å². The molecule has 2 atom stereocenters. The minimum Gasteiger partial charge on any atom is -0.325 e. The third-order valence-electron chi connectivity index (χ3n) is 5.03. The Labute approximate surface area is 148 Å². The normalized spacial score (nSPS) is 17.6. The van der Waals surface area contributed by atoms with E-state index in [1.165, 1.54) is 18.2 Å². The van der Waals surface area contributed by atoms with Gasteiger partial charge in [0.2, 0.25) is 11.8 Å². The van der Waals surface area contributed by atoms with Crippen LogP contribution in [0.3, 0.4) is 0 Å². The number of hydrogen-bond acceptors (Lipinski definition) is 3. The average molecular weight is 349 g/mol. The van der Waals surface area contributed by atoms with Gasteiger partial charge in [0.15, 0.2) is 0 Å². The molecule has 2 amide bonds. The minimum absolute atomic E-state index is 0.0472. The van der Waals surface area contributed by atoms with Crippen molar-refractivity contribution in [1.29, 1.82) is 0 Å². The van der Waals surface area contributed by atoms with Gasteiger partial charge in [-0.05, 0) is 37.0 Å². The predicted octanol–water partition coefficient (Wildman–Crippen LogP) is 3.66. The summed E-state index contributed by atoms with van der Waals surface area (Å²) >= 11 is 0. The summed E-state index contributed by atoms with van der Waals surface area (Å²) in [4.78, 5) is 24.5. The predicted molar refractivity (Wildman–Crippen MR) is 97.7 cm³/mol. The van der Waals surface area contributed by atoms with Gasteiger partial charge in [0.25, 0.3) is 0 Å². The average Bonchev–Trinajstić information content (AvgIpc) is 2.63. The van der Waals surface area contributed by atoms with Crippen LogP contribution in [-0.4, -0.2) is 17.9 Å². The van der Waals surface area contributed by atoms with Crippen LogP contribution in [0.15, 0.2) is 18.2 Å². The van der Waals surface area contributed by atoms with Crippen LogP contribution in [0.5, 0.6) is 0 Å². The maximum absolute atomic E-state index is 14.0. The Morgan fingerprint density at radius 2 is 1.92 bits per heavy atom. The van der Waals surface area contributed by atoms with Crippen molar-refractivity contribution in [1.82, 2.24) is 0 Å². The van der Waals surface area contributed by atoms with E-state index >= 15 is 0 Å². The summed E-state index contributed by atoms with van der Waals surface area (Å²) in [7, 11) is 0. The number of benzene rings is 1. The van der Waals surface area contributed by atoms with E-state index in [-0.39, 0.29) is 29.3 Å². The first-order valence-corrected chi connectivity index (χ1v) is 9.09. The SMILES string of the molecule is CCC(C)C(N)C(=O)Nc1ccc(F)c(NC(=O)C2CCCCC2)c1. The number of hydrogen-bond donors (Lipinski definition) is 3. The summed E-state index contributed by atoms with van der Waals surface area (Å²) < 4.78 is 14.0. The molecule has 2 rings (SSSR count). The minimum atomic E-state index is -0.629. The maximum atomic E-state index is 14.0. The molecule has 0 saturated heterocycles. The Morgan fingerprint density at radius 1 is 1.24 bits per heavy atom. The lowest BCUT2D eigenvalue weighted by Crippen LogP contribution is -2.40. The van der Waals surface area contributed by atoms with E-state index in [1.807, 2.05) is 13.8 Å². The van der Waals surface area contributed by atoms with Gasteiger partial charge in [0.05, 0.1) is 11.7 Å². The third kappa shape index (κ3) is 5.26. The van der Waals surface area contributed by atoms with E-state index < -0.39 is 11.9 Å². The molecule has 6 heteroatoms. The molecule has 1 fully saturated rings. The second-order valence-electron chi connectivity index (χ2n) is 6.92. The van der Waals surface area contributed by atoms with Crippen molar-refractivity contribution in [3.05, 3.63) is 24.0 Å². The van der Waals surface area contributed by atoms with Crippen molar-refractivity contribution >= 4 is 23.2 Å². The van der Waals surface area contributed by atoms with Crippen LogP contribution in [0.1, 0.15) is 52.4 Å². The Morgan fingerprint density at radius 3 is 2.56 bits per heavy atom. The molecule has 25 heavy (non-hydrogen) atoms. The summed E-state index contributed by atoms with van der Waals surface area (Å²) in [6.07, 6.45) is 5.69. The highest BCUT2D eigenvalue weighted by atomic mass is 19.1. The number of anilines is 2. The summed E-state index contributed by atoms with van der Waals surface area (Å²) in [5.41, 5.74) is 6.42. The molecule has 0 radical (unpaired) electrons. The molecular formula is C19H28FN3O2. The van der Waals surface area contributed by atoms with Crippen LogP contribution < -0.4 is 16.4 Å². The molecular weight excluding hydrogens is 321 g/mol. The largest absolute Gasteiger partial charge is 0.325 e. The van der Waals surface area contributed by atoms with Crippen LogP contribution in [0.2, 0.25) is 0 Å². The molecule has 0 bridgehead atoms. The van der Waals surface area contributed by atoms with E-state index in [0.29, 0.717) is 5.69 Å². The Hall–Kier alpha value is -1.95. The first kappa shape index (κ1) is 19.4. The Balaban J connectivity index is 2.04. The van der Waals surface area contributed by atoms with Crippen molar-refractivity contribution in [2.24, 2.45) is 17.6 Å². The van der Waals surface area contributed by atoms with Gasteiger partial charge in [0.1, 0.15) is 5.82 Å². The van der Waals surface area contributed by atoms with Gasteiger partial charge in [-0.3, -0.25) is 9.59 Å². The fourth-order valence-corrected chi connectivity index (χ4v) is 3.04. The van der Waals surface area contributed by atoms with E-state index in [4.69, 9.17) is 5.73 Å². The lowest BCUT2D eigenvalue weighted by molar-refractivity contribution is -0.121. The number of carbonyl (C=O) groups is 2. The first-order chi connectivity index (χ1) is 11.9. The lowest BCUT2D eigenvalue weighted by atomic mass is 9.88. The van der Waals surface area contributed by atoms with Crippen molar-refractivity contribution < 1.29 is 14.0 Å². The monoisotopic (exact) mass is 349 g/mol. The summed E-state index contributed by atoms with van der Waals surface area (Å²) in [6.45, 7) is 3.87. The van der Waals surface area contributed by atoms with Crippen LogP contribution in [0.4, 0.5) is 15.8 Å². The van der Waals surface area contributed by atoms with Gasteiger partial charge in [-0.2, -0.15) is 0 Å². The molecule has 1 aromatic rings. The highest BCUT2D eigenvalue weighted by Crippen LogP contribution is 2.26. The van der Waals surface area contributed by atoms with Gasteiger partial charge in [-0.1, -0.05) is 39.5 Å². The number of amides is 2. The van der Waals surface area contributed by atoms with E-state index in [2.05, 4.69) is 10.6 Å². The van der Waals surface area contributed by atoms with Gasteiger partial charge < -0.3 is 16.4 Å². The van der Waals surface area contributed by atoms with Crippen LogP contribution in [0.25, 0.3) is 0 Å². The summed E-state index contributed by atoms with van der Waals surface area (Å²) in [5, 5.41) is 5.36. The maximum Gasteiger partial charge on any atom is 0.241 e. The van der Waals surface area contributed by atoms with Crippen molar-refractivity contribution in [2.45, 2.75) is 58.4 Å². The fraction of sp³-hybridized carbons (Fsp3) is 0.579. The highest BCUT2D eigenvalue weighted by Gasteiger charge is 2.23. The molecule has 1 aliphatic carbocycles. The molecule has 1 aliphatic rings. The second kappa shape index (κ2) is 8.94. The fourth-order valence-electron chi connectivity index (χ4n) is 3.04. The van der Waals surface area contributed by atoms with Gasteiger partial charge in [0, 0.05) is 11.6 Å². The topological polar surface area (TPSA) is 84.2 Å². The molecule has 0 heterocycles. The quantitative estimate of drug-likeness (QED) is 0.733. The van der Waals surface area contributed by atoms with Gasteiger partial charge in [-0.25, -0.2) is 4.39 Å². The molecule has 1 saturated carbocycles. The van der Waals surface area contributed by atoms with Crippen LogP contribution in [0, 0.1) is 17.7 Å². The molecule has 0 aliphatic heterocycles. The van der Waals surface area contributed by atoms with E-state index in [1.54, 1.807) is 0 Å². The van der Waals surface area contributed by atoms with E-state index in [0.717, 1.165) is 38.5 Å². The van der Waals surface area contributed by atoms with Crippen molar-refractivity contribution in [3.8, 4) is 0 Å². The number of nitrogens with one attached hydrogen (secondary N) is 2. The summed E-state index contributed by atoms with van der Waals surface area (Å²) in [5.74, 6) is -1.01. The number of carbonyl (C=O) groups excluding carboxylic acids is 2. The van der Waals surface area contributed by atoms with Crippen LogP contribution in [-0.2, 0) is 9.59 Å². The Bertz CT molecular complexity index is 615.